The molecule has 0 bridgehead atoms. The van der Waals surface area contributed by atoms with Crippen molar-refractivity contribution in [3.05, 3.63) is 78.6 Å². The van der Waals surface area contributed by atoms with Crippen LogP contribution in [0.5, 0.6) is 0 Å². The molecule has 0 unspecified atom stereocenters. The summed E-state index contributed by atoms with van der Waals surface area (Å²) in [6.07, 6.45) is 4.01. The lowest BCUT2D eigenvalue weighted by Crippen LogP contribution is -1.98. The van der Waals surface area contributed by atoms with Crippen molar-refractivity contribution in [1.82, 2.24) is 4.57 Å². The molecule has 21 heavy (non-hydrogen) atoms. The van der Waals surface area contributed by atoms with Crippen LogP contribution in [0, 0.1) is 0 Å². The van der Waals surface area contributed by atoms with Crippen molar-refractivity contribution in [2.24, 2.45) is 0 Å². The Morgan fingerprint density at radius 3 is 2.43 bits per heavy atom. The molecule has 2 N–H and O–H groups in total. The second kappa shape index (κ2) is 6.52. The lowest BCUT2D eigenvalue weighted by molar-refractivity contribution is 0.282. The summed E-state index contributed by atoms with van der Waals surface area (Å²) in [4.78, 5) is 1.14. The first-order chi connectivity index (χ1) is 10.4. The normalized spacial score (nSPS) is 10.5. The number of aliphatic hydroxyl groups is 1. The molecule has 106 valence electrons. The summed E-state index contributed by atoms with van der Waals surface area (Å²) < 4.78 is 5.43. The average molecular weight is 296 g/mol. The fourth-order valence-electron chi connectivity index (χ4n) is 2.09. The van der Waals surface area contributed by atoms with Crippen LogP contribution in [0.1, 0.15) is 5.56 Å². The van der Waals surface area contributed by atoms with E-state index in [2.05, 4.69) is 21.4 Å². The third-order valence-electron chi connectivity index (χ3n) is 3.15. The molecule has 1 heterocycles. The van der Waals surface area contributed by atoms with E-state index >= 15 is 0 Å². The molecule has 2 aromatic carbocycles. The number of anilines is 1. The molecule has 0 aliphatic heterocycles. The lowest BCUT2D eigenvalue weighted by atomic mass is 10.2. The Hall–Kier alpha value is -2.17. The topological polar surface area (TPSA) is 37.2 Å². The molecule has 3 nitrogen and oxygen atoms in total. The minimum atomic E-state index is 0.0383. The zero-order valence-corrected chi connectivity index (χ0v) is 12.3. The van der Waals surface area contributed by atoms with Crippen LogP contribution in [-0.2, 0) is 6.61 Å². The zero-order chi connectivity index (χ0) is 14.5. The molecule has 0 radical (unpaired) electrons. The van der Waals surface area contributed by atoms with E-state index in [9.17, 15) is 5.11 Å². The van der Waals surface area contributed by atoms with Crippen LogP contribution >= 0.6 is 11.9 Å². The fraction of sp³-hybridized carbons (Fsp3) is 0.0588. The van der Waals surface area contributed by atoms with Gasteiger partial charge < -0.3 is 14.4 Å². The Balaban J connectivity index is 1.88. The molecule has 0 saturated carbocycles. The zero-order valence-electron chi connectivity index (χ0n) is 11.4. The maximum atomic E-state index is 9.33. The van der Waals surface area contributed by atoms with Crippen LogP contribution in [0.15, 0.2) is 78.0 Å². The van der Waals surface area contributed by atoms with E-state index in [1.165, 1.54) is 0 Å². The molecule has 0 aliphatic rings. The number of aliphatic hydroxyl groups excluding tert-OH is 1. The van der Waals surface area contributed by atoms with Gasteiger partial charge >= 0.3 is 0 Å². The van der Waals surface area contributed by atoms with Crippen molar-refractivity contribution in [1.29, 1.82) is 0 Å². The van der Waals surface area contributed by atoms with Crippen molar-refractivity contribution in [3.63, 3.8) is 0 Å². The van der Waals surface area contributed by atoms with Gasteiger partial charge in [-0.15, -0.1) is 0 Å². The summed E-state index contributed by atoms with van der Waals surface area (Å²) in [6.45, 7) is 0.0383. The standard InChI is InChI=1S/C17H16N2OS/c20-13-14-8-9-17(19-10-4-5-11-19)16(12-14)18-21-15-6-2-1-3-7-15/h1-12,18,20H,13H2. The van der Waals surface area contributed by atoms with E-state index in [1.54, 1.807) is 11.9 Å². The SMILES string of the molecule is OCc1ccc(-n2cccc2)c(NSc2ccccc2)c1. The van der Waals surface area contributed by atoms with Crippen molar-refractivity contribution < 1.29 is 5.11 Å². The maximum absolute atomic E-state index is 9.33. The molecule has 4 heteroatoms. The van der Waals surface area contributed by atoms with Gasteiger partial charge in [-0.2, -0.15) is 0 Å². The third-order valence-corrected chi connectivity index (χ3v) is 3.98. The second-order valence-electron chi connectivity index (χ2n) is 4.62. The summed E-state index contributed by atoms with van der Waals surface area (Å²) in [5.41, 5.74) is 2.93. The predicted molar refractivity (Wildman–Crippen MR) is 87.6 cm³/mol. The molecule has 0 spiro atoms. The van der Waals surface area contributed by atoms with E-state index in [1.807, 2.05) is 60.9 Å². The number of nitrogens with one attached hydrogen (secondary N) is 1. The van der Waals surface area contributed by atoms with Crippen LogP contribution in [0.3, 0.4) is 0 Å². The quantitative estimate of drug-likeness (QED) is 0.696. The van der Waals surface area contributed by atoms with E-state index in [0.29, 0.717) is 0 Å². The molecule has 0 aliphatic carbocycles. The Morgan fingerprint density at radius 2 is 1.71 bits per heavy atom. The van der Waals surface area contributed by atoms with E-state index in [0.717, 1.165) is 21.8 Å². The number of rotatable bonds is 5. The summed E-state index contributed by atoms with van der Waals surface area (Å²) in [5.74, 6) is 0. The Labute approximate surface area is 128 Å². The van der Waals surface area contributed by atoms with Crippen molar-refractivity contribution in [3.8, 4) is 5.69 Å². The van der Waals surface area contributed by atoms with Gasteiger partial charge in [-0.05, 0) is 53.9 Å². The van der Waals surface area contributed by atoms with Gasteiger partial charge in [0.15, 0.2) is 0 Å². The van der Waals surface area contributed by atoms with Gasteiger partial charge in [0.05, 0.1) is 18.0 Å². The Bertz CT molecular complexity index is 696. The first-order valence-corrected chi connectivity index (χ1v) is 7.53. The first kappa shape index (κ1) is 13.8. The predicted octanol–water partition coefficient (Wildman–Crippen LogP) is 4.09. The summed E-state index contributed by atoms with van der Waals surface area (Å²) in [5, 5.41) is 9.33. The van der Waals surface area contributed by atoms with Gasteiger partial charge in [-0.1, -0.05) is 24.3 Å². The van der Waals surface area contributed by atoms with Gasteiger partial charge in [-0.3, -0.25) is 0 Å². The number of hydrogen-bond acceptors (Lipinski definition) is 3. The molecule has 0 amide bonds. The van der Waals surface area contributed by atoms with Crippen molar-refractivity contribution in [2.45, 2.75) is 11.5 Å². The summed E-state index contributed by atoms with van der Waals surface area (Å²) in [7, 11) is 0. The highest BCUT2D eigenvalue weighted by Gasteiger charge is 2.06. The van der Waals surface area contributed by atoms with Gasteiger partial charge in [0.1, 0.15) is 0 Å². The number of benzene rings is 2. The number of aromatic nitrogens is 1. The molecule has 0 fully saturated rings. The van der Waals surface area contributed by atoms with E-state index in [4.69, 9.17) is 0 Å². The summed E-state index contributed by atoms with van der Waals surface area (Å²) >= 11 is 1.56. The molecule has 3 aromatic rings. The van der Waals surface area contributed by atoms with Crippen LogP contribution in [0.25, 0.3) is 5.69 Å². The highest BCUT2D eigenvalue weighted by Crippen LogP contribution is 2.27. The lowest BCUT2D eigenvalue weighted by Gasteiger charge is -2.13. The number of nitrogens with zero attached hydrogens (tertiary/aromatic N) is 1. The van der Waals surface area contributed by atoms with Crippen molar-refractivity contribution >= 4 is 17.6 Å². The van der Waals surface area contributed by atoms with Crippen LogP contribution in [-0.4, -0.2) is 9.67 Å². The molecule has 0 atom stereocenters. The van der Waals surface area contributed by atoms with Gasteiger partial charge in [-0.25, -0.2) is 0 Å². The largest absolute Gasteiger partial charge is 0.392 e. The minimum Gasteiger partial charge on any atom is -0.392 e. The maximum Gasteiger partial charge on any atom is 0.0691 e. The highest BCUT2D eigenvalue weighted by molar-refractivity contribution is 8.00. The van der Waals surface area contributed by atoms with E-state index in [-0.39, 0.29) is 6.61 Å². The van der Waals surface area contributed by atoms with Crippen LogP contribution in [0.4, 0.5) is 5.69 Å². The van der Waals surface area contributed by atoms with Crippen LogP contribution in [0.2, 0.25) is 0 Å². The van der Waals surface area contributed by atoms with Gasteiger partial charge in [0, 0.05) is 17.3 Å². The molecular weight excluding hydrogens is 280 g/mol. The summed E-state index contributed by atoms with van der Waals surface area (Å²) in [6, 6.07) is 20.1. The Morgan fingerprint density at radius 1 is 0.952 bits per heavy atom. The molecular formula is C17H16N2OS. The first-order valence-electron chi connectivity index (χ1n) is 6.72. The van der Waals surface area contributed by atoms with Gasteiger partial charge in [0.25, 0.3) is 0 Å². The molecule has 0 saturated heterocycles. The minimum absolute atomic E-state index is 0.0383. The van der Waals surface area contributed by atoms with Crippen LogP contribution < -0.4 is 4.72 Å². The Kier molecular flexibility index (Phi) is 4.28. The smallest absolute Gasteiger partial charge is 0.0691 e. The monoisotopic (exact) mass is 296 g/mol. The average Bonchev–Trinajstić information content (AvgIpc) is 3.08. The molecule has 1 aromatic heterocycles. The molecule has 3 rings (SSSR count). The second-order valence-corrected chi connectivity index (χ2v) is 5.50. The number of hydrogen-bond donors (Lipinski definition) is 2. The van der Waals surface area contributed by atoms with Crippen molar-refractivity contribution in [2.75, 3.05) is 4.72 Å². The highest BCUT2D eigenvalue weighted by atomic mass is 32.2. The third kappa shape index (κ3) is 3.29. The van der Waals surface area contributed by atoms with Gasteiger partial charge in [0.2, 0.25) is 0 Å². The fourth-order valence-corrected chi connectivity index (χ4v) is 2.77. The van der Waals surface area contributed by atoms with E-state index < -0.39 is 0 Å².